The molecule has 3 N–H and O–H groups in total. The van der Waals surface area contributed by atoms with Gasteiger partial charge in [0.25, 0.3) is 0 Å². The van der Waals surface area contributed by atoms with Gasteiger partial charge in [0, 0.05) is 16.1 Å². The van der Waals surface area contributed by atoms with Gasteiger partial charge < -0.3 is 10.8 Å². The number of benzene rings is 1. The lowest BCUT2D eigenvalue weighted by Gasteiger charge is -2.14. The van der Waals surface area contributed by atoms with Crippen molar-refractivity contribution in [2.75, 3.05) is 0 Å². The van der Waals surface area contributed by atoms with Crippen LogP contribution >= 0.6 is 31.9 Å². The van der Waals surface area contributed by atoms with Crippen molar-refractivity contribution in [2.24, 2.45) is 5.73 Å². The van der Waals surface area contributed by atoms with E-state index in [1.807, 2.05) is 13.0 Å². The van der Waals surface area contributed by atoms with Crippen LogP contribution in [0.2, 0.25) is 0 Å². The highest BCUT2D eigenvalue weighted by atomic mass is 79.9. The van der Waals surface area contributed by atoms with Gasteiger partial charge in [-0.1, -0.05) is 22.9 Å². The Morgan fingerprint density at radius 2 is 1.92 bits per heavy atom. The maximum Gasteiger partial charge on any atom is 0.135 e. The molecule has 13 heavy (non-hydrogen) atoms. The second-order valence-corrected chi connectivity index (χ2v) is 4.51. The molecule has 0 spiro atoms. The largest absolute Gasteiger partial charge is 0.506 e. The van der Waals surface area contributed by atoms with Gasteiger partial charge in [0.1, 0.15) is 5.75 Å². The lowest BCUT2D eigenvalue weighted by atomic mass is 10.0. The average molecular weight is 309 g/mol. The van der Waals surface area contributed by atoms with Gasteiger partial charge in [0.15, 0.2) is 0 Å². The highest BCUT2D eigenvalue weighted by Gasteiger charge is 2.14. The zero-order valence-electron chi connectivity index (χ0n) is 7.22. The third-order valence-electron chi connectivity index (χ3n) is 1.93. The molecule has 1 aromatic carbocycles. The number of phenols is 1. The predicted octanol–water partition coefficient (Wildman–Crippen LogP) is 3.33. The van der Waals surface area contributed by atoms with E-state index < -0.39 is 0 Å². The molecule has 1 aromatic rings. The molecule has 0 saturated heterocycles. The Bertz CT molecular complexity index is 315. The van der Waals surface area contributed by atoms with Crippen molar-refractivity contribution in [1.82, 2.24) is 0 Å². The number of rotatable bonds is 2. The second kappa shape index (κ2) is 4.44. The molecule has 0 radical (unpaired) electrons. The Morgan fingerprint density at radius 1 is 1.38 bits per heavy atom. The molecule has 0 saturated carbocycles. The summed E-state index contributed by atoms with van der Waals surface area (Å²) in [6.45, 7) is 1.98. The van der Waals surface area contributed by atoms with E-state index in [1.165, 1.54) is 0 Å². The summed E-state index contributed by atoms with van der Waals surface area (Å²) in [7, 11) is 0. The van der Waals surface area contributed by atoms with E-state index in [0.717, 1.165) is 16.5 Å². The molecule has 2 nitrogen and oxygen atoms in total. The fourth-order valence-electron chi connectivity index (χ4n) is 1.11. The van der Waals surface area contributed by atoms with Crippen LogP contribution in [-0.4, -0.2) is 5.11 Å². The lowest BCUT2D eigenvalue weighted by Crippen LogP contribution is -2.09. The Hall–Kier alpha value is -0.0600. The molecule has 4 heteroatoms. The third-order valence-corrected chi connectivity index (χ3v) is 3.26. The number of hydrogen-bond donors (Lipinski definition) is 2. The smallest absolute Gasteiger partial charge is 0.135 e. The zero-order valence-corrected chi connectivity index (χ0v) is 10.4. The molecule has 0 bridgehead atoms. The first-order valence-electron chi connectivity index (χ1n) is 4.00. The molecular formula is C9H11Br2NO. The van der Waals surface area contributed by atoms with Gasteiger partial charge in [-0.25, -0.2) is 0 Å². The van der Waals surface area contributed by atoms with Gasteiger partial charge >= 0.3 is 0 Å². The quantitative estimate of drug-likeness (QED) is 0.880. The molecule has 0 aliphatic rings. The topological polar surface area (TPSA) is 46.2 Å². The van der Waals surface area contributed by atoms with E-state index in [4.69, 9.17) is 5.73 Å². The maximum absolute atomic E-state index is 9.72. The first-order valence-corrected chi connectivity index (χ1v) is 5.59. The molecule has 0 amide bonds. The van der Waals surface area contributed by atoms with Gasteiger partial charge in [-0.05, 0) is 34.5 Å². The second-order valence-electron chi connectivity index (χ2n) is 2.81. The Balaban J connectivity index is 3.25. The van der Waals surface area contributed by atoms with Crippen LogP contribution in [0.3, 0.4) is 0 Å². The van der Waals surface area contributed by atoms with Crippen LogP contribution in [0.15, 0.2) is 21.1 Å². The molecule has 1 atom stereocenters. The van der Waals surface area contributed by atoms with Crippen LogP contribution in [0.1, 0.15) is 24.9 Å². The maximum atomic E-state index is 9.72. The monoisotopic (exact) mass is 307 g/mol. The van der Waals surface area contributed by atoms with Crippen molar-refractivity contribution in [3.63, 3.8) is 0 Å². The summed E-state index contributed by atoms with van der Waals surface area (Å²) in [5.74, 6) is 0.226. The number of halogens is 2. The summed E-state index contributed by atoms with van der Waals surface area (Å²) in [5.41, 5.74) is 6.61. The van der Waals surface area contributed by atoms with Crippen molar-refractivity contribution in [3.05, 3.63) is 26.6 Å². The molecule has 0 aliphatic heterocycles. The molecule has 0 heterocycles. The van der Waals surface area contributed by atoms with Crippen molar-refractivity contribution >= 4 is 31.9 Å². The molecule has 0 aromatic heterocycles. The van der Waals surface area contributed by atoms with Crippen molar-refractivity contribution in [3.8, 4) is 5.75 Å². The summed E-state index contributed by atoms with van der Waals surface area (Å²) in [6, 6.07) is 3.52. The van der Waals surface area contributed by atoms with E-state index in [-0.39, 0.29) is 11.8 Å². The minimum absolute atomic E-state index is 0.133. The van der Waals surface area contributed by atoms with E-state index in [0.29, 0.717) is 4.47 Å². The van der Waals surface area contributed by atoms with Crippen molar-refractivity contribution in [1.29, 1.82) is 0 Å². The number of phenolic OH excluding ortho intramolecular Hbond substituents is 1. The van der Waals surface area contributed by atoms with Gasteiger partial charge in [0.05, 0.1) is 4.47 Å². The Labute approximate surface area is 94.4 Å². The Kier molecular flexibility index (Phi) is 3.76. The van der Waals surface area contributed by atoms with E-state index >= 15 is 0 Å². The van der Waals surface area contributed by atoms with Crippen LogP contribution in [0.5, 0.6) is 5.75 Å². The minimum Gasteiger partial charge on any atom is -0.506 e. The fraction of sp³-hybridized carbons (Fsp3) is 0.333. The number of aromatic hydroxyl groups is 1. The predicted molar refractivity (Wildman–Crippen MR) is 60.7 cm³/mol. The van der Waals surface area contributed by atoms with Gasteiger partial charge in [-0.3, -0.25) is 0 Å². The highest BCUT2D eigenvalue weighted by molar-refractivity contribution is 9.11. The van der Waals surface area contributed by atoms with Crippen LogP contribution in [0.4, 0.5) is 0 Å². The van der Waals surface area contributed by atoms with Crippen LogP contribution < -0.4 is 5.73 Å². The van der Waals surface area contributed by atoms with E-state index in [9.17, 15) is 5.11 Å². The van der Waals surface area contributed by atoms with Crippen LogP contribution in [0.25, 0.3) is 0 Å². The highest BCUT2D eigenvalue weighted by Crippen LogP contribution is 2.37. The summed E-state index contributed by atoms with van der Waals surface area (Å²) in [4.78, 5) is 0. The molecule has 0 unspecified atom stereocenters. The van der Waals surface area contributed by atoms with Crippen molar-refractivity contribution < 1.29 is 5.11 Å². The SMILES string of the molecule is CC[C@H](N)c1c(Br)ccc(Br)c1O. The first kappa shape index (κ1) is 11.0. The molecule has 1 rings (SSSR count). The third kappa shape index (κ3) is 2.24. The van der Waals surface area contributed by atoms with Gasteiger partial charge in [-0.15, -0.1) is 0 Å². The summed E-state index contributed by atoms with van der Waals surface area (Å²) in [6.07, 6.45) is 0.794. The zero-order chi connectivity index (χ0) is 10.0. The summed E-state index contributed by atoms with van der Waals surface area (Å²) >= 11 is 6.61. The first-order chi connectivity index (χ1) is 6.07. The van der Waals surface area contributed by atoms with E-state index in [1.54, 1.807) is 6.07 Å². The summed E-state index contributed by atoms with van der Waals surface area (Å²) in [5, 5.41) is 9.72. The molecule has 0 fully saturated rings. The Morgan fingerprint density at radius 3 is 2.46 bits per heavy atom. The molecule has 0 aliphatic carbocycles. The summed E-state index contributed by atoms with van der Waals surface area (Å²) < 4.78 is 1.53. The normalized spacial score (nSPS) is 12.9. The van der Waals surface area contributed by atoms with Crippen molar-refractivity contribution in [2.45, 2.75) is 19.4 Å². The fourth-order valence-corrected chi connectivity index (χ4v) is 2.07. The lowest BCUT2D eigenvalue weighted by molar-refractivity contribution is 0.456. The minimum atomic E-state index is -0.133. The molecule has 72 valence electrons. The van der Waals surface area contributed by atoms with Gasteiger partial charge in [0.2, 0.25) is 0 Å². The average Bonchev–Trinajstić information content (AvgIpc) is 2.12. The van der Waals surface area contributed by atoms with Crippen LogP contribution in [0, 0.1) is 0 Å². The number of hydrogen-bond acceptors (Lipinski definition) is 2. The van der Waals surface area contributed by atoms with E-state index in [2.05, 4.69) is 31.9 Å². The molecular weight excluding hydrogens is 298 g/mol. The van der Waals surface area contributed by atoms with Crippen LogP contribution in [-0.2, 0) is 0 Å². The standard InChI is InChI=1S/C9H11Br2NO/c1-2-7(12)8-5(10)3-4-6(11)9(8)13/h3-4,7,13H,2,12H2,1H3/t7-/m0/s1. The number of nitrogens with two attached hydrogens (primary N) is 1. The van der Waals surface area contributed by atoms with Gasteiger partial charge in [-0.2, -0.15) is 0 Å².